The number of aryl methyl sites for hydroxylation is 1. The van der Waals surface area contributed by atoms with Gasteiger partial charge in [0.25, 0.3) is 0 Å². The number of benzene rings is 1. The van der Waals surface area contributed by atoms with E-state index in [9.17, 15) is 0 Å². The summed E-state index contributed by atoms with van der Waals surface area (Å²) in [6.07, 6.45) is 1.76. The minimum Gasteiger partial charge on any atom is -0.425 e. The quantitative estimate of drug-likeness (QED) is 0.781. The van der Waals surface area contributed by atoms with Gasteiger partial charge in [0.1, 0.15) is 5.75 Å². The number of ether oxygens (including phenoxy) is 1. The average Bonchev–Trinajstić information content (AvgIpc) is 2.50. The van der Waals surface area contributed by atoms with Gasteiger partial charge in [0.2, 0.25) is 0 Å². The normalized spacial score (nSPS) is 10.3. The van der Waals surface area contributed by atoms with Gasteiger partial charge in [-0.15, -0.1) is 0 Å². The van der Waals surface area contributed by atoms with Gasteiger partial charge < -0.3 is 9.30 Å². The van der Waals surface area contributed by atoms with Gasteiger partial charge in [-0.1, -0.05) is 17.7 Å². The monoisotopic (exact) mass is 222 g/mol. The fourth-order valence-corrected chi connectivity index (χ4v) is 1.38. The summed E-state index contributed by atoms with van der Waals surface area (Å²) in [5.41, 5.74) is 1.05. The standard InChI is InChI=1S/C11H11ClN2O/c1-8-7-13-11(14(8)2)15-10-5-3-4-9(12)6-10/h3-7H,1-2H3. The minimum absolute atomic E-state index is 0.565. The molecule has 0 N–H and O–H groups in total. The largest absolute Gasteiger partial charge is 0.425 e. The molecular formula is C11H11ClN2O. The van der Waals surface area contributed by atoms with Crippen molar-refractivity contribution in [2.24, 2.45) is 7.05 Å². The van der Waals surface area contributed by atoms with Crippen LogP contribution in [0.3, 0.4) is 0 Å². The van der Waals surface area contributed by atoms with E-state index < -0.39 is 0 Å². The predicted octanol–water partition coefficient (Wildman–Crippen LogP) is 3.17. The molecular weight excluding hydrogens is 212 g/mol. The SMILES string of the molecule is Cc1cnc(Oc2cccc(Cl)c2)n1C. The third kappa shape index (κ3) is 2.13. The van der Waals surface area contributed by atoms with Crippen molar-refractivity contribution in [3.63, 3.8) is 0 Å². The van der Waals surface area contributed by atoms with Gasteiger partial charge in [-0.25, -0.2) is 4.98 Å². The van der Waals surface area contributed by atoms with E-state index in [0.29, 0.717) is 16.8 Å². The van der Waals surface area contributed by atoms with Crippen LogP contribution in [-0.2, 0) is 7.05 Å². The molecule has 0 spiro atoms. The highest BCUT2D eigenvalue weighted by Crippen LogP contribution is 2.23. The molecule has 0 aliphatic carbocycles. The lowest BCUT2D eigenvalue weighted by Crippen LogP contribution is -1.95. The maximum Gasteiger partial charge on any atom is 0.301 e. The first kappa shape index (κ1) is 10.1. The van der Waals surface area contributed by atoms with Crippen molar-refractivity contribution < 1.29 is 4.74 Å². The second-order valence-corrected chi connectivity index (χ2v) is 3.74. The lowest BCUT2D eigenvalue weighted by molar-refractivity contribution is 0.423. The highest BCUT2D eigenvalue weighted by Gasteiger charge is 2.05. The van der Waals surface area contributed by atoms with E-state index in [4.69, 9.17) is 16.3 Å². The second-order valence-electron chi connectivity index (χ2n) is 3.30. The van der Waals surface area contributed by atoms with Gasteiger partial charge in [0.15, 0.2) is 0 Å². The lowest BCUT2D eigenvalue weighted by Gasteiger charge is -2.05. The van der Waals surface area contributed by atoms with Crippen molar-refractivity contribution in [1.29, 1.82) is 0 Å². The van der Waals surface area contributed by atoms with Crippen LogP contribution >= 0.6 is 11.6 Å². The topological polar surface area (TPSA) is 27.1 Å². The third-order valence-electron chi connectivity index (χ3n) is 2.18. The molecule has 0 saturated heterocycles. The molecule has 0 aliphatic rings. The molecule has 0 atom stereocenters. The molecule has 1 aromatic heterocycles. The van der Waals surface area contributed by atoms with Crippen LogP contribution in [0.2, 0.25) is 5.02 Å². The first-order chi connectivity index (χ1) is 7.16. The number of hydrogen-bond donors (Lipinski definition) is 0. The predicted molar refractivity (Wildman–Crippen MR) is 59.5 cm³/mol. The third-order valence-corrected chi connectivity index (χ3v) is 2.42. The van der Waals surface area contributed by atoms with Crippen LogP contribution in [0.5, 0.6) is 11.8 Å². The number of imidazole rings is 1. The second kappa shape index (κ2) is 3.95. The summed E-state index contributed by atoms with van der Waals surface area (Å²) in [4.78, 5) is 4.14. The molecule has 0 fully saturated rings. The maximum atomic E-state index is 5.85. The molecule has 1 heterocycles. The Bertz CT molecular complexity index is 479. The number of nitrogens with zero attached hydrogens (tertiary/aromatic N) is 2. The van der Waals surface area contributed by atoms with Gasteiger partial charge in [-0.2, -0.15) is 0 Å². The van der Waals surface area contributed by atoms with Crippen molar-refractivity contribution in [3.05, 3.63) is 41.2 Å². The van der Waals surface area contributed by atoms with Crippen LogP contribution in [0, 0.1) is 6.92 Å². The molecule has 0 saturated carbocycles. The Labute approximate surface area is 93.3 Å². The summed E-state index contributed by atoms with van der Waals surface area (Å²) in [7, 11) is 1.90. The molecule has 2 aromatic rings. The summed E-state index contributed by atoms with van der Waals surface area (Å²) < 4.78 is 7.45. The van der Waals surface area contributed by atoms with Crippen molar-refractivity contribution in [2.45, 2.75) is 6.92 Å². The maximum absolute atomic E-state index is 5.85. The Morgan fingerprint density at radius 2 is 2.20 bits per heavy atom. The zero-order valence-electron chi connectivity index (χ0n) is 8.57. The molecule has 0 radical (unpaired) electrons. The Hall–Kier alpha value is -1.48. The zero-order valence-corrected chi connectivity index (χ0v) is 9.32. The Balaban J connectivity index is 2.26. The van der Waals surface area contributed by atoms with Crippen LogP contribution in [0.4, 0.5) is 0 Å². The van der Waals surface area contributed by atoms with Crippen LogP contribution < -0.4 is 4.74 Å². The average molecular weight is 223 g/mol. The summed E-state index contributed by atoms with van der Waals surface area (Å²) in [6, 6.07) is 7.81. The van der Waals surface area contributed by atoms with E-state index in [0.717, 1.165) is 5.69 Å². The van der Waals surface area contributed by atoms with E-state index in [1.165, 1.54) is 0 Å². The summed E-state index contributed by atoms with van der Waals surface area (Å²) >= 11 is 5.85. The molecule has 0 bridgehead atoms. The molecule has 0 aliphatic heterocycles. The lowest BCUT2D eigenvalue weighted by atomic mass is 10.3. The van der Waals surface area contributed by atoms with Crippen LogP contribution in [0.25, 0.3) is 0 Å². The minimum atomic E-state index is 0.565. The van der Waals surface area contributed by atoms with Gasteiger partial charge in [0.05, 0.1) is 6.20 Å². The highest BCUT2D eigenvalue weighted by atomic mass is 35.5. The Morgan fingerprint density at radius 1 is 1.40 bits per heavy atom. The smallest absolute Gasteiger partial charge is 0.301 e. The molecule has 0 amide bonds. The summed E-state index contributed by atoms with van der Waals surface area (Å²) in [6.45, 7) is 1.97. The fourth-order valence-electron chi connectivity index (χ4n) is 1.20. The van der Waals surface area contributed by atoms with E-state index in [1.54, 1.807) is 18.3 Å². The van der Waals surface area contributed by atoms with Crippen LogP contribution in [0.1, 0.15) is 5.69 Å². The molecule has 3 nitrogen and oxygen atoms in total. The highest BCUT2D eigenvalue weighted by molar-refractivity contribution is 6.30. The number of halogens is 1. The molecule has 1 aromatic carbocycles. The van der Waals surface area contributed by atoms with Crippen molar-refractivity contribution in [1.82, 2.24) is 9.55 Å². The number of aromatic nitrogens is 2. The first-order valence-electron chi connectivity index (χ1n) is 4.58. The molecule has 2 rings (SSSR count). The van der Waals surface area contributed by atoms with Crippen LogP contribution in [0.15, 0.2) is 30.5 Å². The van der Waals surface area contributed by atoms with Gasteiger partial charge in [-0.05, 0) is 25.1 Å². The van der Waals surface area contributed by atoms with E-state index >= 15 is 0 Å². The molecule has 78 valence electrons. The van der Waals surface area contributed by atoms with Gasteiger partial charge >= 0.3 is 6.01 Å². The molecule has 0 unspecified atom stereocenters. The van der Waals surface area contributed by atoms with Crippen molar-refractivity contribution in [3.8, 4) is 11.8 Å². The summed E-state index contributed by atoms with van der Waals surface area (Å²) in [5.74, 6) is 0.691. The molecule has 4 heteroatoms. The van der Waals surface area contributed by atoms with E-state index in [-0.39, 0.29) is 0 Å². The Kier molecular flexibility index (Phi) is 2.64. The number of rotatable bonds is 2. The molecule has 15 heavy (non-hydrogen) atoms. The summed E-state index contributed by atoms with van der Waals surface area (Å²) in [5, 5.41) is 0.651. The fraction of sp³-hybridized carbons (Fsp3) is 0.182. The van der Waals surface area contributed by atoms with Gasteiger partial charge in [-0.3, -0.25) is 0 Å². The van der Waals surface area contributed by atoms with E-state index in [2.05, 4.69) is 4.98 Å². The van der Waals surface area contributed by atoms with Gasteiger partial charge in [0, 0.05) is 17.8 Å². The first-order valence-corrected chi connectivity index (χ1v) is 4.96. The van der Waals surface area contributed by atoms with Crippen molar-refractivity contribution >= 4 is 11.6 Å². The zero-order chi connectivity index (χ0) is 10.8. The number of hydrogen-bond acceptors (Lipinski definition) is 2. The van der Waals surface area contributed by atoms with Crippen LogP contribution in [-0.4, -0.2) is 9.55 Å². The van der Waals surface area contributed by atoms with E-state index in [1.807, 2.05) is 30.7 Å². The van der Waals surface area contributed by atoms with Crippen molar-refractivity contribution in [2.75, 3.05) is 0 Å². The Morgan fingerprint density at radius 3 is 2.80 bits per heavy atom.